The van der Waals surface area contributed by atoms with Crippen molar-refractivity contribution in [1.82, 2.24) is 9.78 Å². The van der Waals surface area contributed by atoms with E-state index < -0.39 is 0 Å². The van der Waals surface area contributed by atoms with Crippen LogP contribution in [0.1, 0.15) is 33.6 Å². The Kier molecular flexibility index (Phi) is 3.24. The molecule has 5 nitrogen and oxygen atoms in total. The monoisotopic (exact) mass is 211 g/mol. The van der Waals surface area contributed by atoms with Gasteiger partial charge in [-0.15, -0.1) is 0 Å². The maximum atomic E-state index is 5.84. The lowest BCUT2D eigenvalue weighted by atomic mass is 9.96. The number of aromatic nitrogens is 2. The molecule has 0 saturated carbocycles. The molecule has 1 rings (SSSR count). The quantitative estimate of drug-likeness (QED) is 0.689. The summed E-state index contributed by atoms with van der Waals surface area (Å²) in [5.41, 5.74) is 17.6. The molecule has 0 amide bonds. The summed E-state index contributed by atoms with van der Waals surface area (Å²) in [4.78, 5) is 0. The lowest BCUT2D eigenvalue weighted by Gasteiger charge is -2.27. The van der Waals surface area contributed by atoms with Gasteiger partial charge in [-0.2, -0.15) is 5.10 Å². The Bertz CT molecular complexity index is 327. The Morgan fingerprint density at radius 1 is 1.47 bits per heavy atom. The van der Waals surface area contributed by atoms with E-state index in [-0.39, 0.29) is 11.6 Å². The second-order valence-corrected chi connectivity index (χ2v) is 4.73. The molecule has 0 aromatic carbocycles. The molecular formula is C10H21N5. The molecule has 0 saturated heterocycles. The van der Waals surface area contributed by atoms with Crippen LogP contribution < -0.4 is 17.2 Å². The summed E-state index contributed by atoms with van der Waals surface area (Å²) in [5, 5.41) is 4.19. The Morgan fingerprint density at radius 2 is 2.07 bits per heavy atom. The van der Waals surface area contributed by atoms with Gasteiger partial charge in [-0.05, 0) is 33.6 Å². The molecule has 0 bridgehead atoms. The minimum absolute atomic E-state index is 0.144. The van der Waals surface area contributed by atoms with Gasteiger partial charge in [0, 0.05) is 6.04 Å². The standard InChI is InChI=1S/C10H21N5/c1-7(11)4-5-10(2,3)15-9(13)8(12)6-14-15/h6-7H,4-5,11-13H2,1-3H3. The molecule has 1 heterocycles. The van der Waals surface area contributed by atoms with E-state index in [0.717, 1.165) is 12.8 Å². The minimum Gasteiger partial charge on any atom is -0.394 e. The molecule has 1 unspecified atom stereocenters. The molecule has 15 heavy (non-hydrogen) atoms. The fourth-order valence-corrected chi connectivity index (χ4v) is 1.54. The Morgan fingerprint density at radius 3 is 2.47 bits per heavy atom. The molecule has 0 radical (unpaired) electrons. The maximum Gasteiger partial charge on any atom is 0.145 e. The highest BCUT2D eigenvalue weighted by Crippen LogP contribution is 2.27. The van der Waals surface area contributed by atoms with Crippen molar-refractivity contribution < 1.29 is 0 Å². The molecule has 86 valence electrons. The Labute approximate surface area is 90.6 Å². The van der Waals surface area contributed by atoms with Crippen LogP contribution in [0.2, 0.25) is 0 Å². The second-order valence-electron chi connectivity index (χ2n) is 4.73. The van der Waals surface area contributed by atoms with E-state index in [2.05, 4.69) is 18.9 Å². The van der Waals surface area contributed by atoms with Gasteiger partial charge in [0.2, 0.25) is 0 Å². The third kappa shape index (κ3) is 2.62. The van der Waals surface area contributed by atoms with Crippen LogP contribution in [-0.4, -0.2) is 15.8 Å². The first-order valence-corrected chi connectivity index (χ1v) is 5.19. The highest BCUT2D eigenvalue weighted by molar-refractivity contribution is 5.57. The fraction of sp³-hybridized carbons (Fsp3) is 0.700. The fourth-order valence-electron chi connectivity index (χ4n) is 1.54. The summed E-state index contributed by atoms with van der Waals surface area (Å²) in [7, 11) is 0. The zero-order valence-corrected chi connectivity index (χ0v) is 9.70. The van der Waals surface area contributed by atoms with Gasteiger partial charge in [0.05, 0.1) is 17.4 Å². The van der Waals surface area contributed by atoms with Crippen molar-refractivity contribution in [2.45, 2.75) is 45.2 Å². The van der Waals surface area contributed by atoms with Gasteiger partial charge in [-0.25, -0.2) is 4.68 Å². The number of nitrogens with zero attached hydrogens (tertiary/aromatic N) is 2. The summed E-state index contributed by atoms with van der Waals surface area (Å²) < 4.78 is 1.77. The Hall–Kier alpha value is -1.23. The SMILES string of the molecule is CC(N)CCC(C)(C)n1ncc(N)c1N. The highest BCUT2D eigenvalue weighted by Gasteiger charge is 2.24. The van der Waals surface area contributed by atoms with Crippen LogP contribution >= 0.6 is 0 Å². The molecule has 0 spiro atoms. The van der Waals surface area contributed by atoms with Crippen LogP contribution in [0.25, 0.3) is 0 Å². The smallest absolute Gasteiger partial charge is 0.145 e. The van der Waals surface area contributed by atoms with Gasteiger partial charge < -0.3 is 17.2 Å². The lowest BCUT2D eigenvalue weighted by Crippen LogP contribution is -2.31. The number of hydrogen-bond donors (Lipinski definition) is 3. The van der Waals surface area contributed by atoms with E-state index in [9.17, 15) is 0 Å². The van der Waals surface area contributed by atoms with E-state index in [0.29, 0.717) is 11.5 Å². The topological polar surface area (TPSA) is 95.9 Å². The first-order chi connectivity index (χ1) is 6.84. The van der Waals surface area contributed by atoms with Crippen LogP contribution in [0.5, 0.6) is 0 Å². The Balaban J connectivity index is 2.81. The number of hydrogen-bond acceptors (Lipinski definition) is 4. The van der Waals surface area contributed by atoms with Crippen LogP contribution in [0.4, 0.5) is 11.5 Å². The summed E-state index contributed by atoms with van der Waals surface area (Å²) in [6.07, 6.45) is 3.45. The molecule has 5 heteroatoms. The molecule has 0 aliphatic carbocycles. The third-order valence-electron chi connectivity index (χ3n) is 2.62. The number of rotatable bonds is 4. The van der Waals surface area contributed by atoms with Crippen molar-refractivity contribution in [3.63, 3.8) is 0 Å². The van der Waals surface area contributed by atoms with Gasteiger partial charge in [0.25, 0.3) is 0 Å². The summed E-state index contributed by atoms with van der Waals surface area (Å²) >= 11 is 0. The van der Waals surface area contributed by atoms with Gasteiger partial charge in [0.15, 0.2) is 0 Å². The number of nitrogen functional groups attached to an aromatic ring is 2. The van der Waals surface area contributed by atoms with Crippen molar-refractivity contribution in [2.75, 3.05) is 11.5 Å². The lowest BCUT2D eigenvalue weighted by molar-refractivity contribution is 0.286. The van der Waals surface area contributed by atoms with E-state index in [1.807, 2.05) is 6.92 Å². The van der Waals surface area contributed by atoms with Gasteiger partial charge in [0.1, 0.15) is 5.82 Å². The predicted octanol–water partition coefficient (Wildman–Crippen LogP) is 0.910. The summed E-state index contributed by atoms with van der Waals surface area (Å²) in [6.45, 7) is 6.16. The number of anilines is 2. The van der Waals surface area contributed by atoms with Gasteiger partial charge in [-0.1, -0.05) is 0 Å². The van der Waals surface area contributed by atoms with Gasteiger partial charge in [-0.3, -0.25) is 0 Å². The van der Waals surface area contributed by atoms with E-state index in [4.69, 9.17) is 17.2 Å². The van der Waals surface area contributed by atoms with Crippen molar-refractivity contribution in [3.8, 4) is 0 Å². The molecule has 0 fully saturated rings. The average Bonchev–Trinajstić information content (AvgIpc) is 2.45. The largest absolute Gasteiger partial charge is 0.394 e. The zero-order chi connectivity index (χ0) is 11.6. The van der Waals surface area contributed by atoms with Crippen molar-refractivity contribution >= 4 is 11.5 Å². The van der Waals surface area contributed by atoms with E-state index in [1.54, 1.807) is 10.9 Å². The van der Waals surface area contributed by atoms with Crippen molar-refractivity contribution in [3.05, 3.63) is 6.20 Å². The van der Waals surface area contributed by atoms with Crippen LogP contribution in [0, 0.1) is 0 Å². The molecule has 1 atom stereocenters. The second kappa shape index (κ2) is 4.10. The molecule has 1 aromatic rings. The molecule has 1 aromatic heterocycles. The molecule has 0 aliphatic heterocycles. The summed E-state index contributed by atoms with van der Waals surface area (Å²) in [6, 6.07) is 0.193. The van der Waals surface area contributed by atoms with Gasteiger partial charge >= 0.3 is 0 Å². The van der Waals surface area contributed by atoms with E-state index in [1.165, 1.54) is 0 Å². The van der Waals surface area contributed by atoms with Crippen molar-refractivity contribution in [2.24, 2.45) is 5.73 Å². The zero-order valence-electron chi connectivity index (χ0n) is 9.70. The average molecular weight is 211 g/mol. The maximum absolute atomic E-state index is 5.84. The van der Waals surface area contributed by atoms with E-state index >= 15 is 0 Å². The van der Waals surface area contributed by atoms with Crippen LogP contribution in [0.3, 0.4) is 0 Å². The first-order valence-electron chi connectivity index (χ1n) is 5.19. The first kappa shape index (κ1) is 11.8. The molecular weight excluding hydrogens is 190 g/mol. The predicted molar refractivity (Wildman–Crippen MR) is 63.3 cm³/mol. The van der Waals surface area contributed by atoms with Crippen LogP contribution in [-0.2, 0) is 5.54 Å². The van der Waals surface area contributed by atoms with Crippen LogP contribution in [0.15, 0.2) is 6.20 Å². The molecule has 0 aliphatic rings. The number of nitrogens with two attached hydrogens (primary N) is 3. The third-order valence-corrected chi connectivity index (χ3v) is 2.62. The highest BCUT2D eigenvalue weighted by atomic mass is 15.3. The minimum atomic E-state index is -0.144. The van der Waals surface area contributed by atoms with Crippen molar-refractivity contribution in [1.29, 1.82) is 0 Å². The normalized spacial score (nSPS) is 14.1. The summed E-state index contributed by atoms with van der Waals surface area (Å²) in [5.74, 6) is 0.532. The molecule has 6 N–H and O–H groups in total.